The SMILES string of the molecule is Cn1cnc(S(=O)(=O)NCC(F)(F)CO)c1Cl. The maximum absolute atomic E-state index is 12.7. The van der Waals surface area contributed by atoms with Crippen LogP contribution in [-0.2, 0) is 17.1 Å². The minimum atomic E-state index is -4.22. The van der Waals surface area contributed by atoms with E-state index in [0.29, 0.717) is 0 Å². The largest absolute Gasteiger partial charge is 0.390 e. The molecule has 1 rings (SSSR count). The molecule has 1 aromatic heterocycles. The third-order valence-corrected chi connectivity index (χ3v) is 3.73. The fourth-order valence-corrected chi connectivity index (χ4v) is 2.39. The van der Waals surface area contributed by atoms with Gasteiger partial charge in [-0.25, -0.2) is 26.9 Å². The molecule has 0 saturated heterocycles. The molecule has 0 amide bonds. The monoisotopic (exact) mass is 289 g/mol. The summed E-state index contributed by atoms with van der Waals surface area (Å²) in [5.74, 6) is -3.53. The maximum Gasteiger partial charge on any atom is 0.283 e. The van der Waals surface area contributed by atoms with E-state index in [2.05, 4.69) is 4.98 Å². The van der Waals surface area contributed by atoms with Crippen molar-refractivity contribution in [2.24, 2.45) is 7.05 Å². The molecular formula is C7H10ClF2N3O3S. The molecule has 1 heterocycles. The molecule has 0 radical (unpaired) electrons. The number of rotatable bonds is 5. The molecule has 0 fully saturated rings. The predicted molar refractivity (Wildman–Crippen MR) is 55.4 cm³/mol. The number of imidazole rings is 1. The normalized spacial score (nSPS) is 13.0. The number of aromatic nitrogens is 2. The first-order valence-corrected chi connectivity index (χ1v) is 6.21. The summed E-state index contributed by atoms with van der Waals surface area (Å²) >= 11 is 5.62. The van der Waals surface area contributed by atoms with Crippen LogP contribution in [0.5, 0.6) is 0 Å². The van der Waals surface area contributed by atoms with Crippen molar-refractivity contribution in [1.82, 2.24) is 14.3 Å². The van der Waals surface area contributed by atoms with Gasteiger partial charge >= 0.3 is 0 Å². The van der Waals surface area contributed by atoms with Crippen molar-refractivity contribution in [2.45, 2.75) is 10.9 Å². The first-order chi connectivity index (χ1) is 7.69. The zero-order chi connectivity index (χ0) is 13.3. The summed E-state index contributed by atoms with van der Waals surface area (Å²) in [5.41, 5.74) is 0. The van der Waals surface area contributed by atoms with E-state index in [9.17, 15) is 17.2 Å². The molecule has 10 heteroatoms. The van der Waals surface area contributed by atoms with Gasteiger partial charge in [-0.2, -0.15) is 0 Å². The third kappa shape index (κ3) is 3.35. The highest BCUT2D eigenvalue weighted by molar-refractivity contribution is 7.89. The van der Waals surface area contributed by atoms with Crippen LogP contribution in [0.1, 0.15) is 0 Å². The van der Waals surface area contributed by atoms with Crippen LogP contribution >= 0.6 is 11.6 Å². The minimum Gasteiger partial charge on any atom is -0.390 e. The Hall–Kier alpha value is -0.770. The summed E-state index contributed by atoms with van der Waals surface area (Å²) in [4.78, 5) is 3.49. The van der Waals surface area contributed by atoms with Crippen molar-refractivity contribution in [2.75, 3.05) is 13.2 Å². The lowest BCUT2D eigenvalue weighted by molar-refractivity contribution is -0.0437. The Morgan fingerprint density at radius 3 is 2.65 bits per heavy atom. The van der Waals surface area contributed by atoms with Gasteiger partial charge in [0.05, 0.1) is 12.9 Å². The first-order valence-electron chi connectivity index (χ1n) is 4.35. The van der Waals surface area contributed by atoms with E-state index in [0.717, 1.165) is 6.33 Å². The highest BCUT2D eigenvalue weighted by Crippen LogP contribution is 2.19. The molecule has 0 aliphatic rings. The maximum atomic E-state index is 12.7. The number of hydrogen-bond donors (Lipinski definition) is 2. The van der Waals surface area contributed by atoms with Gasteiger partial charge in [0.15, 0.2) is 0 Å². The van der Waals surface area contributed by atoms with Crippen molar-refractivity contribution in [3.05, 3.63) is 11.5 Å². The molecule has 17 heavy (non-hydrogen) atoms. The van der Waals surface area contributed by atoms with E-state index in [1.54, 1.807) is 4.72 Å². The fourth-order valence-electron chi connectivity index (χ4n) is 0.899. The van der Waals surface area contributed by atoms with Crippen molar-refractivity contribution >= 4 is 21.6 Å². The van der Waals surface area contributed by atoms with Crippen LogP contribution in [0.2, 0.25) is 5.15 Å². The van der Waals surface area contributed by atoms with Gasteiger partial charge in [-0.3, -0.25) is 0 Å². The van der Waals surface area contributed by atoms with E-state index in [1.807, 2.05) is 0 Å². The van der Waals surface area contributed by atoms with Crippen LogP contribution in [0.15, 0.2) is 11.4 Å². The Morgan fingerprint density at radius 1 is 1.65 bits per heavy atom. The molecule has 0 atom stereocenters. The average Bonchev–Trinajstić information content (AvgIpc) is 2.58. The van der Waals surface area contributed by atoms with Crippen molar-refractivity contribution in [3.8, 4) is 0 Å². The van der Waals surface area contributed by atoms with Gasteiger partial charge in [0, 0.05) is 7.05 Å². The third-order valence-electron chi connectivity index (χ3n) is 1.84. The Labute approximate surface area is 101 Å². The lowest BCUT2D eigenvalue weighted by Gasteiger charge is -2.13. The second-order valence-corrected chi connectivity index (χ2v) is 5.33. The van der Waals surface area contributed by atoms with Gasteiger partial charge in [0.2, 0.25) is 5.03 Å². The Bertz CT molecular complexity index is 502. The summed E-state index contributed by atoms with van der Waals surface area (Å²) in [6.07, 6.45) is 1.14. The molecule has 6 nitrogen and oxygen atoms in total. The number of hydrogen-bond acceptors (Lipinski definition) is 4. The molecule has 0 spiro atoms. The number of nitrogens with one attached hydrogen (secondary N) is 1. The van der Waals surface area contributed by atoms with Gasteiger partial charge < -0.3 is 9.67 Å². The Balaban J connectivity index is 2.87. The number of alkyl halides is 2. The predicted octanol–water partition coefficient (Wildman–Crippen LogP) is -0.0206. The van der Waals surface area contributed by atoms with E-state index in [4.69, 9.17) is 16.7 Å². The Morgan fingerprint density at radius 2 is 2.24 bits per heavy atom. The highest BCUT2D eigenvalue weighted by Gasteiger charge is 2.31. The van der Waals surface area contributed by atoms with Gasteiger partial charge in [-0.1, -0.05) is 11.6 Å². The smallest absolute Gasteiger partial charge is 0.283 e. The summed E-state index contributed by atoms with van der Waals surface area (Å²) in [5, 5.41) is 7.57. The van der Waals surface area contributed by atoms with Crippen LogP contribution in [-0.4, -0.2) is 42.1 Å². The lowest BCUT2D eigenvalue weighted by Crippen LogP contribution is -2.39. The molecule has 2 N–H and O–H groups in total. The van der Waals surface area contributed by atoms with Gasteiger partial charge in [-0.05, 0) is 0 Å². The molecule has 0 aliphatic carbocycles. The number of sulfonamides is 1. The standard InChI is InChI=1S/C7H10ClF2N3O3S/c1-13-4-11-6(5(13)8)17(15,16)12-2-7(9,10)3-14/h4,12,14H,2-3H2,1H3. The quantitative estimate of drug-likeness (QED) is 0.798. The van der Waals surface area contributed by atoms with Crippen LogP contribution in [0, 0.1) is 0 Å². The summed E-state index contributed by atoms with van der Waals surface area (Å²) < 4.78 is 51.3. The van der Waals surface area contributed by atoms with Crippen LogP contribution in [0.4, 0.5) is 8.78 Å². The van der Waals surface area contributed by atoms with E-state index in [-0.39, 0.29) is 5.15 Å². The molecule has 0 saturated carbocycles. The number of nitrogens with zero attached hydrogens (tertiary/aromatic N) is 2. The van der Waals surface area contributed by atoms with Gasteiger partial charge in [-0.15, -0.1) is 0 Å². The second-order valence-electron chi connectivity index (χ2n) is 3.29. The van der Waals surface area contributed by atoms with Crippen molar-refractivity contribution in [1.29, 1.82) is 0 Å². The fraction of sp³-hybridized carbons (Fsp3) is 0.571. The van der Waals surface area contributed by atoms with E-state index < -0.39 is 34.1 Å². The molecule has 0 aromatic carbocycles. The van der Waals surface area contributed by atoms with Crippen molar-refractivity contribution in [3.63, 3.8) is 0 Å². The zero-order valence-electron chi connectivity index (χ0n) is 8.69. The van der Waals surface area contributed by atoms with Crippen LogP contribution in [0.3, 0.4) is 0 Å². The zero-order valence-corrected chi connectivity index (χ0v) is 10.3. The van der Waals surface area contributed by atoms with E-state index >= 15 is 0 Å². The molecule has 98 valence electrons. The summed E-state index contributed by atoms with van der Waals surface area (Å²) in [7, 11) is -2.76. The topological polar surface area (TPSA) is 84.2 Å². The average molecular weight is 290 g/mol. The highest BCUT2D eigenvalue weighted by atomic mass is 35.5. The number of aryl methyl sites for hydroxylation is 1. The van der Waals surface area contributed by atoms with E-state index in [1.165, 1.54) is 11.6 Å². The Kier molecular flexibility index (Phi) is 4.07. The van der Waals surface area contributed by atoms with Crippen LogP contribution < -0.4 is 4.72 Å². The number of aliphatic hydroxyl groups is 1. The minimum absolute atomic E-state index is 0.190. The molecule has 0 aliphatic heterocycles. The van der Waals surface area contributed by atoms with Crippen molar-refractivity contribution < 1.29 is 22.3 Å². The summed E-state index contributed by atoms with van der Waals surface area (Å²) in [6, 6.07) is 0. The second kappa shape index (κ2) is 4.84. The lowest BCUT2D eigenvalue weighted by atomic mass is 10.4. The number of aliphatic hydroxyl groups excluding tert-OH is 1. The van der Waals surface area contributed by atoms with Crippen LogP contribution in [0.25, 0.3) is 0 Å². The van der Waals surface area contributed by atoms with Gasteiger partial charge in [0.1, 0.15) is 11.8 Å². The molecule has 0 bridgehead atoms. The first kappa shape index (κ1) is 14.3. The van der Waals surface area contributed by atoms with Gasteiger partial charge in [0.25, 0.3) is 15.9 Å². The molecular weight excluding hydrogens is 280 g/mol. The number of halogens is 3. The summed E-state index contributed by atoms with van der Waals surface area (Å²) in [6.45, 7) is -2.68. The molecule has 1 aromatic rings. The molecule has 0 unspecified atom stereocenters.